The van der Waals surface area contributed by atoms with Crippen molar-refractivity contribution < 1.29 is 26.7 Å². The zero-order chi connectivity index (χ0) is 19.0. The Morgan fingerprint density at radius 3 is 2.63 bits per heavy atom. The molecule has 0 amide bonds. The van der Waals surface area contributed by atoms with E-state index >= 15 is 0 Å². The number of benzene rings is 2. The van der Waals surface area contributed by atoms with E-state index in [-0.39, 0.29) is 11.8 Å². The molecular weight excluding hydrogens is 363 g/mol. The zero-order valence-corrected chi connectivity index (χ0v) is 13.9. The van der Waals surface area contributed by atoms with Crippen LogP contribution in [-0.2, 0) is 0 Å². The molecule has 138 valence electrons. The average molecular weight is 375 g/mol. The Bertz CT molecular complexity index is 1100. The number of furan rings is 1. The number of rotatable bonds is 4. The fraction of sp³-hybridized carbons (Fsp3) is 0.111. The molecule has 9 heteroatoms. The van der Waals surface area contributed by atoms with E-state index < -0.39 is 6.36 Å². The van der Waals surface area contributed by atoms with E-state index in [1.807, 2.05) is 0 Å². The van der Waals surface area contributed by atoms with E-state index in [9.17, 15) is 13.2 Å². The SMILES string of the molecule is CNc1nnc(-c2ccc3occ(-c4cccc(OC(F)(F)F)c4)c3c2)o1. The third-order valence-corrected chi connectivity index (χ3v) is 3.84. The summed E-state index contributed by atoms with van der Waals surface area (Å²) in [6, 6.07) is 11.2. The van der Waals surface area contributed by atoms with Gasteiger partial charge in [-0.3, -0.25) is 0 Å². The number of anilines is 1. The molecule has 0 aliphatic carbocycles. The quantitative estimate of drug-likeness (QED) is 0.536. The molecule has 1 N–H and O–H groups in total. The van der Waals surface area contributed by atoms with E-state index in [2.05, 4.69) is 20.3 Å². The van der Waals surface area contributed by atoms with Crippen molar-refractivity contribution in [3.63, 3.8) is 0 Å². The van der Waals surface area contributed by atoms with Crippen molar-refractivity contribution >= 4 is 17.0 Å². The Balaban J connectivity index is 1.76. The average Bonchev–Trinajstić information content (AvgIpc) is 3.27. The van der Waals surface area contributed by atoms with Crippen molar-refractivity contribution in [3.8, 4) is 28.3 Å². The van der Waals surface area contributed by atoms with Gasteiger partial charge in [0.25, 0.3) is 0 Å². The number of ether oxygens (including phenoxy) is 1. The highest BCUT2D eigenvalue weighted by Gasteiger charge is 2.31. The Morgan fingerprint density at radius 1 is 1.04 bits per heavy atom. The molecule has 0 aliphatic rings. The Kier molecular flexibility index (Phi) is 3.98. The van der Waals surface area contributed by atoms with Crippen LogP contribution in [0.15, 0.2) is 57.6 Å². The van der Waals surface area contributed by atoms with Crippen molar-refractivity contribution in [1.29, 1.82) is 0 Å². The van der Waals surface area contributed by atoms with Gasteiger partial charge in [-0.15, -0.1) is 18.3 Å². The number of alkyl halides is 3. The smallest absolute Gasteiger partial charge is 0.464 e. The number of halogens is 3. The maximum Gasteiger partial charge on any atom is 0.573 e. The monoisotopic (exact) mass is 375 g/mol. The first-order valence-electron chi connectivity index (χ1n) is 7.82. The molecule has 0 unspecified atom stereocenters. The third-order valence-electron chi connectivity index (χ3n) is 3.84. The van der Waals surface area contributed by atoms with Crippen molar-refractivity contribution in [2.75, 3.05) is 12.4 Å². The summed E-state index contributed by atoms with van der Waals surface area (Å²) in [5.74, 6) is 0.00335. The first-order valence-corrected chi connectivity index (χ1v) is 7.82. The zero-order valence-electron chi connectivity index (χ0n) is 13.9. The summed E-state index contributed by atoms with van der Waals surface area (Å²) < 4.78 is 52.4. The Labute approximate surface area is 150 Å². The fourth-order valence-electron chi connectivity index (χ4n) is 2.69. The minimum atomic E-state index is -4.76. The first-order chi connectivity index (χ1) is 12.9. The minimum absolute atomic E-state index is 0.273. The molecule has 0 aliphatic heterocycles. The number of nitrogens with one attached hydrogen (secondary N) is 1. The molecule has 0 saturated heterocycles. The second kappa shape index (κ2) is 6.35. The van der Waals surface area contributed by atoms with E-state index in [4.69, 9.17) is 8.83 Å². The molecule has 0 spiro atoms. The van der Waals surface area contributed by atoms with Crippen LogP contribution in [0.3, 0.4) is 0 Å². The van der Waals surface area contributed by atoms with Crippen LogP contribution in [0.1, 0.15) is 0 Å². The van der Waals surface area contributed by atoms with Crippen LogP contribution in [0.2, 0.25) is 0 Å². The van der Waals surface area contributed by atoms with Gasteiger partial charge in [0.2, 0.25) is 5.89 Å². The molecule has 0 atom stereocenters. The number of aromatic nitrogens is 2. The van der Waals surface area contributed by atoms with Crippen molar-refractivity contribution in [3.05, 3.63) is 48.7 Å². The van der Waals surface area contributed by atoms with Gasteiger partial charge in [0.15, 0.2) is 0 Å². The molecule has 2 aromatic carbocycles. The highest BCUT2D eigenvalue weighted by molar-refractivity contribution is 5.96. The van der Waals surface area contributed by atoms with Crippen molar-refractivity contribution in [2.24, 2.45) is 0 Å². The van der Waals surface area contributed by atoms with E-state index in [0.29, 0.717) is 33.6 Å². The van der Waals surface area contributed by atoms with Crippen molar-refractivity contribution in [1.82, 2.24) is 10.2 Å². The van der Waals surface area contributed by atoms with Crippen LogP contribution in [0, 0.1) is 0 Å². The summed E-state index contributed by atoms with van der Waals surface area (Å²) in [6.45, 7) is 0. The molecule has 4 rings (SSSR count). The van der Waals surface area contributed by atoms with Crippen LogP contribution in [0.5, 0.6) is 5.75 Å². The molecule has 0 radical (unpaired) electrons. The molecule has 27 heavy (non-hydrogen) atoms. The summed E-state index contributed by atoms with van der Waals surface area (Å²) >= 11 is 0. The number of hydrogen-bond acceptors (Lipinski definition) is 6. The number of fused-ring (bicyclic) bond motifs is 1. The summed E-state index contributed by atoms with van der Waals surface area (Å²) in [5, 5.41) is 11.2. The minimum Gasteiger partial charge on any atom is -0.464 e. The summed E-state index contributed by atoms with van der Waals surface area (Å²) in [6.07, 6.45) is -3.28. The molecule has 0 fully saturated rings. The van der Waals surface area contributed by atoms with Gasteiger partial charge in [0.05, 0.1) is 6.26 Å². The molecule has 2 heterocycles. The van der Waals surface area contributed by atoms with Gasteiger partial charge in [-0.1, -0.05) is 17.2 Å². The highest BCUT2D eigenvalue weighted by atomic mass is 19.4. The molecule has 2 aromatic heterocycles. The molecule has 0 saturated carbocycles. The predicted molar refractivity (Wildman–Crippen MR) is 91.2 cm³/mol. The Hall–Kier alpha value is -3.49. The molecular formula is C18H12F3N3O3. The maximum atomic E-state index is 12.5. The molecule has 4 aromatic rings. The third kappa shape index (κ3) is 3.43. The van der Waals surface area contributed by atoms with Gasteiger partial charge >= 0.3 is 12.4 Å². The molecule has 0 bridgehead atoms. The lowest BCUT2D eigenvalue weighted by Crippen LogP contribution is -2.17. The lowest BCUT2D eigenvalue weighted by Gasteiger charge is -2.09. The van der Waals surface area contributed by atoms with Crippen LogP contribution >= 0.6 is 0 Å². The van der Waals surface area contributed by atoms with Gasteiger partial charge in [0.1, 0.15) is 11.3 Å². The van der Waals surface area contributed by atoms with Crippen LogP contribution in [-0.4, -0.2) is 23.6 Å². The lowest BCUT2D eigenvalue weighted by molar-refractivity contribution is -0.274. The largest absolute Gasteiger partial charge is 0.573 e. The van der Waals surface area contributed by atoms with Gasteiger partial charge < -0.3 is 18.9 Å². The second-order valence-electron chi connectivity index (χ2n) is 5.60. The molecule has 6 nitrogen and oxygen atoms in total. The normalized spacial score (nSPS) is 11.7. The van der Waals surface area contributed by atoms with Crippen LogP contribution < -0.4 is 10.1 Å². The maximum absolute atomic E-state index is 12.5. The van der Waals surface area contributed by atoms with E-state index in [0.717, 1.165) is 0 Å². The van der Waals surface area contributed by atoms with Crippen molar-refractivity contribution in [2.45, 2.75) is 6.36 Å². The van der Waals surface area contributed by atoms with E-state index in [1.165, 1.54) is 24.5 Å². The topological polar surface area (TPSA) is 73.3 Å². The number of hydrogen-bond donors (Lipinski definition) is 1. The summed E-state index contributed by atoms with van der Waals surface area (Å²) in [7, 11) is 1.66. The highest BCUT2D eigenvalue weighted by Crippen LogP contribution is 2.35. The second-order valence-corrected chi connectivity index (χ2v) is 5.60. The fourth-order valence-corrected chi connectivity index (χ4v) is 2.69. The standard InChI is InChI=1S/C18H12F3N3O3/c1-22-17-24-23-16(26-17)11-5-6-15-13(8-11)14(9-25-15)10-3-2-4-12(7-10)27-18(19,20)21/h2-9H,1H3,(H,22,24). The van der Waals surface area contributed by atoms with E-state index in [1.54, 1.807) is 31.3 Å². The predicted octanol–water partition coefficient (Wildman–Crippen LogP) is 5.09. The van der Waals surface area contributed by atoms with Gasteiger partial charge in [0, 0.05) is 23.6 Å². The van der Waals surface area contributed by atoms with Gasteiger partial charge in [-0.2, -0.15) is 0 Å². The van der Waals surface area contributed by atoms with Crippen LogP contribution in [0.4, 0.5) is 19.2 Å². The first kappa shape index (κ1) is 17.0. The van der Waals surface area contributed by atoms with Crippen LogP contribution in [0.25, 0.3) is 33.6 Å². The lowest BCUT2D eigenvalue weighted by atomic mass is 10.0. The Morgan fingerprint density at radius 2 is 1.89 bits per heavy atom. The van der Waals surface area contributed by atoms with Gasteiger partial charge in [-0.05, 0) is 35.9 Å². The summed E-state index contributed by atoms with van der Waals surface area (Å²) in [4.78, 5) is 0. The summed E-state index contributed by atoms with van der Waals surface area (Å²) in [5.41, 5.74) is 2.37. The number of nitrogens with zero attached hydrogens (tertiary/aromatic N) is 2. The van der Waals surface area contributed by atoms with Gasteiger partial charge in [-0.25, -0.2) is 0 Å².